The summed E-state index contributed by atoms with van der Waals surface area (Å²) in [6, 6.07) is 38.0. The molecule has 0 atom stereocenters. The van der Waals surface area contributed by atoms with Gasteiger partial charge in [0.15, 0.2) is 36.3 Å². The molecule has 8 aliphatic rings. The molecule has 11 aromatic rings. The van der Waals surface area contributed by atoms with Crippen molar-refractivity contribution in [2.45, 2.75) is 106 Å². The van der Waals surface area contributed by atoms with Crippen LogP contribution in [0, 0.1) is 34.8 Å². The first-order valence-corrected chi connectivity index (χ1v) is 39.4. The van der Waals surface area contributed by atoms with Crippen LogP contribution >= 0.6 is 23.2 Å². The minimum absolute atomic E-state index is 0.0544. The van der Waals surface area contributed by atoms with E-state index in [9.17, 15) is 65.2 Å². The topological polar surface area (TPSA) is 428 Å². The summed E-state index contributed by atoms with van der Waals surface area (Å²) in [5, 5.41) is 33.0. The Morgan fingerprint density at radius 1 is 0.524 bits per heavy atom. The molecule has 34 nitrogen and oxygen atoms in total. The molecular formula is C84H83Cl2F6N15O19. The molecule has 0 spiro atoms. The van der Waals surface area contributed by atoms with E-state index in [4.69, 9.17) is 65.2 Å². The van der Waals surface area contributed by atoms with E-state index in [0.717, 1.165) is 48.4 Å². The molecule has 12 heterocycles. The molecule has 3 amide bonds. The zero-order valence-electron chi connectivity index (χ0n) is 68.2. The number of hydrogen-bond donors (Lipinski definition) is 7. The van der Waals surface area contributed by atoms with E-state index in [-0.39, 0.29) is 147 Å². The molecule has 0 radical (unpaired) electrons. The number of hydrogen-bond acceptors (Lipinski definition) is 30. The van der Waals surface area contributed by atoms with Gasteiger partial charge in [-0.15, -0.1) is 0 Å². The molecule has 0 aliphatic carbocycles. The minimum Gasteiger partial charge on any atom is -0.492 e. The highest BCUT2D eigenvalue weighted by atomic mass is 35.5. The fourth-order valence-corrected chi connectivity index (χ4v) is 12.2. The summed E-state index contributed by atoms with van der Waals surface area (Å²) in [7, 11) is 0. The highest BCUT2D eigenvalue weighted by Crippen LogP contribution is 2.34. The first kappa shape index (κ1) is 92.7. The molecule has 12 bridgehead atoms. The van der Waals surface area contributed by atoms with Gasteiger partial charge in [-0.3, -0.25) is 19.7 Å². The number of non-ortho nitro benzene ring substituents is 1. The Hall–Kier alpha value is -14.0. The van der Waals surface area contributed by atoms with E-state index < -0.39 is 57.7 Å². The molecule has 126 heavy (non-hydrogen) atoms. The van der Waals surface area contributed by atoms with Crippen LogP contribution in [0.25, 0.3) is 0 Å². The summed E-state index contributed by atoms with van der Waals surface area (Å²) in [5.41, 5.74) is 2.08. The van der Waals surface area contributed by atoms with Gasteiger partial charge in [-0.25, -0.2) is 19.2 Å². The molecule has 42 heteroatoms. The second-order valence-electron chi connectivity index (χ2n) is 29.6. The predicted molar refractivity (Wildman–Crippen MR) is 443 cm³/mol. The number of benzene rings is 7. The number of carbonyl (C=O) groups excluding carboxylic acids is 4. The van der Waals surface area contributed by atoms with Crippen molar-refractivity contribution in [3.63, 3.8) is 0 Å². The van der Waals surface area contributed by atoms with Crippen LogP contribution < -0.4 is 72.5 Å². The third-order valence-corrected chi connectivity index (χ3v) is 18.9. The van der Waals surface area contributed by atoms with Crippen molar-refractivity contribution >= 4 is 88.1 Å². The molecule has 0 saturated carbocycles. The number of aromatic nitrogens is 6. The minimum atomic E-state index is -4.47. The van der Waals surface area contributed by atoms with Crippen LogP contribution in [0.2, 0.25) is 10.0 Å². The van der Waals surface area contributed by atoms with Gasteiger partial charge >= 0.3 is 48.3 Å². The molecular weight excluding hydrogens is 1710 g/mol. The van der Waals surface area contributed by atoms with Crippen molar-refractivity contribution in [1.82, 2.24) is 50.8 Å². The van der Waals surface area contributed by atoms with Gasteiger partial charge in [0.25, 0.3) is 17.5 Å². The molecule has 0 saturated heterocycles. The number of anilines is 6. The van der Waals surface area contributed by atoms with E-state index in [1.807, 2.05) is 19.9 Å². The number of amides is 3. The molecule has 0 fully saturated rings. The smallest absolute Gasteiger partial charge is 0.492 e. The number of nitro groups is 1. The van der Waals surface area contributed by atoms with Crippen molar-refractivity contribution in [3.05, 3.63) is 267 Å². The Balaban J connectivity index is 0.000000202. The monoisotopic (exact) mass is 1790 g/mol. The fraction of sp³-hybridized carbons (Fsp3) is 0.310. The zero-order valence-corrected chi connectivity index (χ0v) is 69.7. The van der Waals surface area contributed by atoms with Gasteiger partial charge in [0, 0.05) is 80.4 Å². The van der Waals surface area contributed by atoms with Gasteiger partial charge in [0.2, 0.25) is 23.8 Å². The van der Waals surface area contributed by atoms with Crippen LogP contribution in [-0.2, 0) is 61.3 Å². The van der Waals surface area contributed by atoms with Crippen molar-refractivity contribution in [1.29, 1.82) is 0 Å². The Morgan fingerprint density at radius 2 is 0.968 bits per heavy atom. The Labute approximate surface area is 723 Å². The van der Waals surface area contributed by atoms with E-state index in [1.54, 1.807) is 78.9 Å². The van der Waals surface area contributed by atoms with E-state index in [0.29, 0.717) is 87.8 Å². The van der Waals surface area contributed by atoms with Crippen LogP contribution in [0.4, 0.5) is 76.8 Å². The van der Waals surface area contributed by atoms with Crippen molar-refractivity contribution < 1.29 is 101 Å². The van der Waals surface area contributed by atoms with Gasteiger partial charge in [-0.05, 0) is 176 Å². The lowest BCUT2D eigenvalue weighted by Crippen LogP contribution is -2.45. The first-order chi connectivity index (χ1) is 60.0. The average molecular weight is 1790 g/mol. The number of carbonyl (C=O) groups is 4. The van der Waals surface area contributed by atoms with Crippen molar-refractivity contribution in [2.24, 2.45) is 10.8 Å². The molecule has 664 valence electrons. The predicted octanol–water partition coefficient (Wildman–Crippen LogP) is 16.3. The number of alkyl halides is 6. The molecule has 19 rings (SSSR count). The maximum atomic E-state index is 13.3. The summed E-state index contributed by atoms with van der Waals surface area (Å²) < 4.78 is 135. The van der Waals surface area contributed by atoms with E-state index >= 15 is 0 Å². The molecule has 4 aromatic heterocycles. The van der Waals surface area contributed by atoms with E-state index in [2.05, 4.69) is 89.8 Å². The van der Waals surface area contributed by atoms with Crippen LogP contribution in [0.5, 0.6) is 29.3 Å². The normalized spacial score (nSPS) is 14.5. The fourth-order valence-electron chi connectivity index (χ4n) is 11.6. The standard InChI is InChI=1S/C39H39ClF3N7O8.C33H35ClF3N7O3.C12H9NO8/c1-23-31(58-37(53)57-23)20-56-36(52)50-15-4-16-54-30-14-7-25(17-29(30)40)18-44-33-47-34(46-28-12-8-26(9-13-28)32(51)45-21-38(2,3)22-50)49-35(48-33)55-19-24-5-10-27(11-6-24)39(41,42)43;1-32(2)19-38-14-3-15-46-27-13-6-22(16-26(27)34)17-39-29-42-30(41-25-11-7-23(8-12-25)28(45)40-20-32)44-31(43-29)47-18-21-4-9-24(10-5-21)33(35,36)37;1-7-10(21-12(15)19-7)6-18-11(14)20-9-4-2-8(3-5-9)13(16)17/h5-14,17H,4,15-16,18-22H2,1-3H3,(H,45,51)(H2,44,46,47,48,49);4-13,16,38H,3,14-15,17-20H2,1-2H3,(H,40,45)(H2,39,41,42,43,44);2-5H,6H2,1H3. The largest absolute Gasteiger partial charge is 0.519 e. The maximum absolute atomic E-state index is 13.3. The van der Waals surface area contributed by atoms with Gasteiger partial charge < -0.3 is 92.9 Å². The van der Waals surface area contributed by atoms with Gasteiger partial charge in [0.1, 0.15) is 30.5 Å². The molecule has 8 aliphatic heterocycles. The summed E-state index contributed by atoms with van der Waals surface area (Å²) >= 11 is 13.1. The number of nitrogens with one attached hydrogen (secondary N) is 7. The summed E-state index contributed by atoms with van der Waals surface area (Å²) in [6.07, 6.45) is -9.45. The second-order valence-corrected chi connectivity index (χ2v) is 30.5. The van der Waals surface area contributed by atoms with E-state index in [1.165, 1.54) is 67.3 Å². The lowest BCUT2D eigenvalue weighted by Gasteiger charge is -2.32. The summed E-state index contributed by atoms with van der Waals surface area (Å²) in [4.78, 5) is 111. The van der Waals surface area contributed by atoms with Crippen molar-refractivity contribution in [2.75, 3.05) is 73.7 Å². The Morgan fingerprint density at radius 3 is 1.40 bits per heavy atom. The highest BCUT2D eigenvalue weighted by molar-refractivity contribution is 6.32. The number of nitro benzene ring substituents is 1. The zero-order chi connectivity index (χ0) is 90.3. The third-order valence-electron chi connectivity index (χ3n) is 18.3. The number of nitrogens with zero attached hydrogens (tertiary/aromatic N) is 8. The lowest BCUT2D eigenvalue weighted by atomic mass is 9.92. The molecule has 7 N–H and O–H groups in total. The average Bonchev–Trinajstić information content (AvgIpc) is 1.11. The Bertz CT molecular complexity index is 5710. The number of ether oxygens (including phenoxy) is 7. The Kier molecular flexibility index (Phi) is 31.2. The number of halogens is 8. The number of aryl methyl sites for hydroxylation is 2. The summed E-state index contributed by atoms with van der Waals surface area (Å²) in [5.74, 6) is -0.164. The third kappa shape index (κ3) is 28.5. The highest BCUT2D eigenvalue weighted by Gasteiger charge is 2.33. The van der Waals surface area contributed by atoms with Crippen LogP contribution in [0.1, 0.15) is 118 Å². The first-order valence-electron chi connectivity index (χ1n) is 38.6. The second kappa shape index (κ2) is 42.4. The van der Waals surface area contributed by atoms with Crippen LogP contribution in [0.15, 0.2) is 185 Å². The summed E-state index contributed by atoms with van der Waals surface area (Å²) in [6.45, 7) is 13.9. The van der Waals surface area contributed by atoms with Gasteiger partial charge in [0.05, 0.1) is 39.3 Å². The van der Waals surface area contributed by atoms with Crippen molar-refractivity contribution in [3.8, 4) is 29.3 Å². The number of rotatable bonds is 12. The maximum Gasteiger partial charge on any atom is 0.519 e. The lowest BCUT2D eigenvalue weighted by molar-refractivity contribution is -0.384. The van der Waals surface area contributed by atoms with Crippen LogP contribution in [-0.4, -0.2) is 116 Å². The molecule has 0 unspecified atom stereocenters. The quantitative estimate of drug-likeness (QED) is 0.0196. The SMILES string of the molecule is CC1(C)CNCCCOc2ccc(cc2Cl)CNc2nc(nc(OCc3ccc(C(F)(F)F)cc3)n2)Nc2ccc(cc2)C(=O)NC1.Cc1oc(=O)oc1COC(=O)N1CCCOc2ccc(cc2Cl)CNc2nc(nc(OCc3ccc(C(F)(F)F)cc3)n2)Nc2ccc(cc2)C(=O)NCC(C)(C)C1.Cc1oc(=O)oc1COC(=O)Oc1ccc([N+](=O)[O-])cc1. The van der Waals surface area contributed by atoms with Gasteiger partial charge in [-0.1, -0.05) is 87.3 Å². The van der Waals surface area contributed by atoms with Gasteiger partial charge in [-0.2, -0.15) is 56.2 Å². The molecule has 7 aromatic carbocycles. The van der Waals surface area contributed by atoms with Crippen LogP contribution in [0.3, 0.4) is 0 Å².